The lowest BCUT2D eigenvalue weighted by atomic mass is 9.78. The monoisotopic (exact) mass is 192 g/mol. The van der Waals surface area contributed by atoms with Gasteiger partial charge in [-0.1, -0.05) is 25.7 Å². The summed E-state index contributed by atoms with van der Waals surface area (Å²) < 4.78 is 0. The summed E-state index contributed by atoms with van der Waals surface area (Å²) in [6, 6.07) is 0. The predicted octanol–water partition coefficient (Wildman–Crippen LogP) is 4.54. The van der Waals surface area contributed by atoms with Crippen LogP contribution in [-0.2, 0) is 0 Å². The van der Waals surface area contributed by atoms with Crippen LogP contribution in [0.5, 0.6) is 0 Å². The third kappa shape index (κ3) is 1.61. The summed E-state index contributed by atoms with van der Waals surface area (Å²) in [4.78, 5) is 0. The third-order valence-electron chi connectivity index (χ3n) is 5.45. The molecule has 0 saturated heterocycles. The Hall–Kier alpha value is 0. The highest BCUT2D eigenvalue weighted by Gasteiger charge is 2.44. The van der Waals surface area contributed by atoms with Crippen molar-refractivity contribution in [2.75, 3.05) is 0 Å². The van der Waals surface area contributed by atoms with Gasteiger partial charge in [-0.25, -0.2) is 0 Å². The molecule has 0 amide bonds. The molecule has 0 heteroatoms. The standard InChI is InChI=1S/C14H24/c1-2-4-12(3-1)5-8-14-9-6-13(11-14)7-10-14/h12-13H,1-11H2. The van der Waals surface area contributed by atoms with Gasteiger partial charge >= 0.3 is 0 Å². The maximum Gasteiger partial charge on any atom is -0.0295 e. The van der Waals surface area contributed by atoms with Gasteiger partial charge in [0.05, 0.1) is 0 Å². The molecule has 3 aliphatic carbocycles. The van der Waals surface area contributed by atoms with Crippen molar-refractivity contribution in [3.8, 4) is 0 Å². The molecule has 0 aromatic carbocycles. The Kier molecular flexibility index (Phi) is 2.34. The minimum absolute atomic E-state index is 0.868. The first kappa shape index (κ1) is 9.24. The molecule has 3 saturated carbocycles. The molecule has 0 radical (unpaired) electrons. The zero-order valence-corrected chi connectivity index (χ0v) is 9.43. The highest BCUT2D eigenvalue weighted by Crippen LogP contribution is 2.57. The van der Waals surface area contributed by atoms with Crippen LogP contribution in [0, 0.1) is 17.3 Å². The second-order valence-electron chi connectivity index (χ2n) is 6.34. The zero-order valence-electron chi connectivity index (χ0n) is 9.43. The van der Waals surface area contributed by atoms with Crippen molar-refractivity contribution in [1.82, 2.24) is 0 Å². The molecule has 14 heavy (non-hydrogen) atoms. The number of fused-ring (bicyclic) bond motifs is 2. The van der Waals surface area contributed by atoms with Crippen LogP contribution in [0.15, 0.2) is 0 Å². The van der Waals surface area contributed by atoms with Crippen molar-refractivity contribution in [3.05, 3.63) is 0 Å². The average molecular weight is 192 g/mol. The maximum atomic E-state index is 1.61. The average Bonchev–Trinajstić information content (AvgIpc) is 2.93. The van der Waals surface area contributed by atoms with E-state index in [0.29, 0.717) is 0 Å². The molecular formula is C14H24. The molecule has 0 heterocycles. The second kappa shape index (κ2) is 3.54. The molecule has 0 N–H and O–H groups in total. The molecule has 0 atom stereocenters. The van der Waals surface area contributed by atoms with Gasteiger partial charge in [0.2, 0.25) is 0 Å². The lowest BCUT2D eigenvalue weighted by Gasteiger charge is -2.27. The first-order valence-electron chi connectivity index (χ1n) is 6.86. The summed E-state index contributed by atoms with van der Waals surface area (Å²) in [6.45, 7) is 0. The van der Waals surface area contributed by atoms with Gasteiger partial charge in [-0.3, -0.25) is 0 Å². The molecule has 3 fully saturated rings. The minimum atomic E-state index is 0.868. The molecule has 0 aliphatic heterocycles. The molecule has 0 aromatic heterocycles. The summed E-state index contributed by atoms with van der Waals surface area (Å²) in [5.41, 5.74) is 0.868. The van der Waals surface area contributed by atoms with Crippen LogP contribution < -0.4 is 0 Å². The van der Waals surface area contributed by atoms with Crippen LogP contribution in [0.25, 0.3) is 0 Å². The Labute approximate surface area is 88.5 Å². The third-order valence-corrected chi connectivity index (χ3v) is 5.45. The van der Waals surface area contributed by atoms with Crippen molar-refractivity contribution in [2.24, 2.45) is 17.3 Å². The number of hydrogen-bond donors (Lipinski definition) is 0. The van der Waals surface area contributed by atoms with Gasteiger partial charge in [-0.05, 0) is 62.2 Å². The first-order valence-corrected chi connectivity index (χ1v) is 6.86. The number of hydrogen-bond acceptors (Lipinski definition) is 0. The summed E-state index contributed by atoms with van der Waals surface area (Å²) in [6.07, 6.45) is 17.3. The van der Waals surface area contributed by atoms with E-state index in [-0.39, 0.29) is 0 Å². The topological polar surface area (TPSA) is 0 Å². The SMILES string of the molecule is C1CCC(CCC23CCC(CC2)C3)C1. The van der Waals surface area contributed by atoms with Crippen LogP contribution in [0.1, 0.15) is 70.6 Å². The Morgan fingerprint density at radius 2 is 1.64 bits per heavy atom. The van der Waals surface area contributed by atoms with Gasteiger partial charge in [-0.2, -0.15) is 0 Å². The predicted molar refractivity (Wildman–Crippen MR) is 60.2 cm³/mol. The van der Waals surface area contributed by atoms with E-state index in [0.717, 1.165) is 17.3 Å². The van der Waals surface area contributed by atoms with Gasteiger partial charge in [0.1, 0.15) is 0 Å². The smallest absolute Gasteiger partial charge is 0.0295 e. The molecule has 0 nitrogen and oxygen atoms in total. The van der Waals surface area contributed by atoms with Crippen molar-refractivity contribution in [1.29, 1.82) is 0 Å². The number of rotatable bonds is 3. The molecule has 0 aromatic rings. The fraction of sp³-hybridized carbons (Fsp3) is 1.00. The van der Waals surface area contributed by atoms with E-state index < -0.39 is 0 Å². The van der Waals surface area contributed by atoms with E-state index in [1.165, 1.54) is 12.8 Å². The highest BCUT2D eigenvalue weighted by molar-refractivity contribution is 4.95. The van der Waals surface area contributed by atoms with E-state index in [1.807, 2.05) is 0 Å². The molecular weight excluding hydrogens is 168 g/mol. The lowest BCUT2D eigenvalue weighted by molar-refractivity contribution is 0.243. The Balaban J connectivity index is 1.51. The van der Waals surface area contributed by atoms with Crippen LogP contribution in [0.3, 0.4) is 0 Å². The van der Waals surface area contributed by atoms with E-state index in [4.69, 9.17) is 0 Å². The van der Waals surface area contributed by atoms with Gasteiger partial charge < -0.3 is 0 Å². The quantitative estimate of drug-likeness (QED) is 0.616. The van der Waals surface area contributed by atoms with E-state index in [1.54, 1.807) is 57.8 Å². The minimum Gasteiger partial charge on any atom is -0.0530 e. The fourth-order valence-electron chi connectivity index (χ4n) is 4.47. The largest absolute Gasteiger partial charge is 0.0530 e. The Bertz CT molecular complexity index is 192. The molecule has 0 spiro atoms. The van der Waals surface area contributed by atoms with Crippen LogP contribution in [0.2, 0.25) is 0 Å². The first-order chi connectivity index (χ1) is 6.86. The van der Waals surface area contributed by atoms with E-state index in [9.17, 15) is 0 Å². The summed E-state index contributed by atoms with van der Waals surface area (Å²) >= 11 is 0. The Morgan fingerprint density at radius 3 is 2.21 bits per heavy atom. The molecule has 3 aliphatic rings. The lowest BCUT2D eigenvalue weighted by Crippen LogP contribution is -2.15. The molecule has 80 valence electrons. The zero-order chi connectivity index (χ0) is 9.43. The van der Waals surface area contributed by atoms with E-state index in [2.05, 4.69) is 0 Å². The van der Waals surface area contributed by atoms with Crippen molar-refractivity contribution in [3.63, 3.8) is 0 Å². The van der Waals surface area contributed by atoms with Crippen molar-refractivity contribution < 1.29 is 0 Å². The summed E-state index contributed by atoms with van der Waals surface area (Å²) in [5, 5.41) is 0. The fourth-order valence-corrected chi connectivity index (χ4v) is 4.47. The van der Waals surface area contributed by atoms with Gasteiger partial charge in [0.25, 0.3) is 0 Å². The highest BCUT2D eigenvalue weighted by atomic mass is 14.5. The van der Waals surface area contributed by atoms with Crippen LogP contribution in [0.4, 0.5) is 0 Å². The Morgan fingerprint density at radius 1 is 0.929 bits per heavy atom. The molecule has 3 rings (SSSR count). The normalized spacial score (nSPS) is 42.4. The molecule has 0 unspecified atom stereocenters. The molecule has 2 bridgehead atoms. The van der Waals surface area contributed by atoms with Gasteiger partial charge in [0.15, 0.2) is 0 Å². The second-order valence-corrected chi connectivity index (χ2v) is 6.34. The summed E-state index contributed by atoms with van der Waals surface area (Å²) in [5.74, 6) is 2.28. The van der Waals surface area contributed by atoms with Crippen molar-refractivity contribution >= 4 is 0 Å². The van der Waals surface area contributed by atoms with E-state index >= 15 is 0 Å². The van der Waals surface area contributed by atoms with Gasteiger partial charge in [-0.15, -0.1) is 0 Å². The van der Waals surface area contributed by atoms with Crippen LogP contribution in [-0.4, -0.2) is 0 Å². The maximum absolute atomic E-state index is 1.61. The van der Waals surface area contributed by atoms with Crippen molar-refractivity contribution in [2.45, 2.75) is 70.6 Å². The van der Waals surface area contributed by atoms with Gasteiger partial charge in [0, 0.05) is 0 Å². The van der Waals surface area contributed by atoms with Crippen LogP contribution >= 0.6 is 0 Å². The summed E-state index contributed by atoms with van der Waals surface area (Å²) in [7, 11) is 0.